The number of anilines is 1. The van der Waals surface area contributed by atoms with Gasteiger partial charge in [-0.25, -0.2) is 9.78 Å². The van der Waals surface area contributed by atoms with Crippen molar-refractivity contribution in [3.05, 3.63) is 29.5 Å². The maximum Gasteiger partial charge on any atom is 0.331 e. The van der Waals surface area contributed by atoms with Gasteiger partial charge in [-0.1, -0.05) is 0 Å². The summed E-state index contributed by atoms with van der Waals surface area (Å²) < 4.78 is 5.27. The smallest absolute Gasteiger partial charge is 0.331 e. The molecule has 2 aliphatic rings. The van der Waals surface area contributed by atoms with Gasteiger partial charge in [0, 0.05) is 50.6 Å². The van der Waals surface area contributed by atoms with Crippen LogP contribution in [0.2, 0.25) is 0 Å². The molecule has 0 aromatic carbocycles. The van der Waals surface area contributed by atoms with Crippen molar-refractivity contribution < 1.29 is 19.1 Å². The number of nitrogens with one attached hydrogen (secondary N) is 1. The zero-order valence-corrected chi connectivity index (χ0v) is 18.7. The number of carbonyl (C=O) groups is 3. The number of piperazine rings is 1. The molecular formula is C22H31N5O4. The average molecular weight is 430 g/mol. The third-order valence-corrected chi connectivity index (χ3v) is 5.04. The van der Waals surface area contributed by atoms with Crippen LogP contribution < -0.4 is 5.32 Å². The van der Waals surface area contributed by atoms with E-state index >= 15 is 0 Å². The molecule has 2 aliphatic heterocycles. The zero-order valence-electron chi connectivity index (χ0n) is 18.7. The maximum absolute atomic E-state index is 12.7. The van der Waals surface area contributed by atoms with Gasteiger partial charge in [0.25, 0.3) is 0 Å². The summed E-state index contributed by atoms with van der Waals surface area (Å²) in [4.78, 5) is 47.1. The molecule has 3 rings (SSSR count). The Hall–Kier alpha value is -2.78. The summed E-state index contributed by atoms with van der Waals surface area (Å²) in [5.41, 5.74) is 0.948. The van der Waals surface area contributed by atoms with E-state index in [0.29, 0.717) is 31.0 Å². The minimum Gasteiger partial charge on any atom is -0.457 e. The topological polar surface area (TPSA) is 95.1 Å². The summed E-state index contributed by atoms with van der Waals surface area (Å²) in [6.45, 7) is 9.25. The third-order valence-electron chi connectivity index (χ3n) is 5.04. The molecule has 3 heterocycles. The van der Waals surface area contributed by atoms with Crippen LogP contribution in [0, 0.1) is 0 Å². The Balaban J connectivity index is 1.68. The second kappa shape index (κ2) is 9.57. The van der Waals surface area contributed by atoms with Crippen LogP contribution in [0.4, 0.5) is 5.82 Å². The van der Waals surface area contributed by atoms with Crippen LogP contribution in [0.1, 0.15) is 31.9 Å². The fourth-order valence-electron chi connectivity index (χ4n) is 3.48. The second-order valence-electron chi connectivity index (χ2n) is 9.02. The van der Waals surface area contributed by atoms with Crippen molar-refractivity contribution in [3.8, 4) is 0 Å². The molecule has 0 aliphatic carbocycles. The van der Waals surface area contributed by atoms with E-state index in [2.05, 4.69) is 15.2 Å². The van der Waals surface area contributed by atoms with Crippen LogP contribution in [0.5, 0.6) is 0 Å². The van der Waals surface area contributed by atoms with E-state index in [4.69, 9.17) is 4.74 Å². The van der Waals surface area contributed by atoms with E-state index in [0.717, 1.165) is 18.7 Å². The number of fused-ring (bicyclic) bond motifs is 1. The van der Waals surface area contributed by atoms with Crippen molar-refractivity contribution in [1.82, 2.24) is 19.7 Å². The molecule has 0 radical (unpaired) electrons. The molecular weight excluding hydrogens is 398 g/mol. The lowest BCUT2D eigenvalue weighted by Crippen LogP contribution is -2.50. The van der Waals surface area contributed by atoms with E-state index < -0.39 is 11.6 Å². The molecule has 0 atom stereocenters. The van der Waals surface area contributed by atoms with E-state index in [9.17, 15) is 14.4 Å². The van der Waals surface area contributed by atoms with Crippen molar-refractivity contribution in [2.45, 2.75) is 32.9 Å². The Bertz CT molecular complexity index is 869. The third kappa shape index (κ3) is 6.86. The van der Waals surface area contributed by atoms with Gasteiger partial charge in [-0.3, -0.25) is 14.5 Å². The summed E-state index contributed by atoms with van der Waals surface area (Å²) >= 11 is 0. The van der Waals surface area contributed by atoms with E-state index in [1.165, 1.54) is 6.08 Å². The maximum atomic E-state index is 12.7. The first kappa shape index (κ1) is 22.9. The van der Waals surface area contributed by atoms with Gasteiger partial charge in [-0.05, 0) is 45.5 Å². The zero-order chi connectivity index (χ0) is 22.6. The van der Waals surface area contributed by atoms with Crippen LogP contribution in [0.15, 0.2) is 18.3 Å². The normalized spacial score (nSPS) is 18.5. The lowest BCUT2D eigenvalue weighted by Gasteiger charge is -2.33. The molecule has 0 unspecified atom stereocenters. The first-order valence-corrected chi connectivity index (χ1v) is 10.5. The molecule has 2 amide bonds. The fourth-order valence-corrected chi connectivity index (χ4v) is 3.48. The predicted molar refractivity (Wildman–Crippen MR) is 117 cm³/mol. The number of carbonyl (C=O) groups excluding carboxylic acids is 3. The Morgan fingerprint density at radius 1 is 1.19 bits per heavy atom. The number of aromatic nitrogens is 1. The van der Waals surface area contributed by atoms with Gasteiger partial charge in [0.05, 0.1) is 13.1 Å². The number of amides is 2. The van der Waals surface area contributed by atoms with Crippen molar-refractivity contribution in [1.29, 1.82) is 0 Å². The number of pyridine rings is 1. The molecule has 1 aromatic heterocycles. The largest absolute Gasteiger partial charge is 0.457 e. The van der Waals surface area contributed by atoms with Crippen LogP contribution in [0.25, 0.3) is 6.08 Å². The van der Waals surface area contributed by atoms with E-state index in [1.54, 1.807) is 12.3 Å². The van der Waals surface area contributed by atoms with Gasteiger partial charge in [-0.2, -0.15) is 0 Å². The van der Waals surface area contributed by atoms with Gasteiger partial charge in [0.1, 0.15) is 11.4 Å². The Kier molecular flexibility index (Phi) is 7.07. The Morgan fingerprint density at radius 3 is 2.58 bits per heavy atom. The molecule has 0 spiro atoms. The molecule has 9 nitrogen and oxygen atoms in total. The molecule has 0 bridgehead atoms. The standard InChI is InChI=1S/C22H31N5O4/c1-22(2,3)31-20(30)6-5-16-11-17-13-26(14-18(28)24-21(17)23-12-16)15-19(29)27-9-7-25(4)8-10-27/h5-6,11-12H,7-10,13-15H2,1-4H3,(H,23,24,28)/b6-5+. The van der Waals surface area contributed by atoms with Gasteiger partial charge < -0.3 is 19.9 Å². The monoisotopic (exact) mass is 429 g/mol. The number of likely N-dealkylation sites (N-methyl/N-ethyl adjacent to an activating group) is 1. The minimum absolute atomic E-state index is 0.0262. The highest BCUT2D eigenvalue weighted by Gasteiger charge is 2.25. The van der Waals surface area contributed by atoms with Crippen molar-refractivity contribution in [3.63, 3.8) is 0 Å². The first-order chi connectivity index (χ1) is 14.6. The summed E-state index contributed by atoms with van der Waals surface area (Å²) in [5, 5.41) is 2.80. The Morgan fingerprint density at radius 2 is 1.90 bits per heavy atom. The van der Waals surface area contributed by atoms with Crippen LogP contribution in [-0.4, -0.2) is 89.4 Å². The van der Waals surface area contributed by atoms with E-state index in [-0.39, 0.29) is 24.9 Å². The first-order valence-electron chi connectivity index (χ1n) is 10.5. The predicted octanol–water partition coefficient (Wildman–Crippen LogP) is 0.965. The summed E-state index contributed by atoms with van der Waals surface area (Å²) in [6, 6.07) is 1.86. The van der Waals surface area contributed by atoms with Crippen molar-refractivity contribution in [2.75, 3.05) is 51.6 Å². The number of nitrogens with zero attached hydrogens (tertiary/aromatic N) is 4. The molecule has 168 valence electrons. The molecule has 0 saturated carbocycles. The number of hydrogen-bond acceptors (Lipinski definition) is 7. The van der Waals surface area contributed by atoms with Crippen LogP contribution >= 0.6 is 0 Å². The molecule has 31 heavy (non-hydrogen) atoms. The van der Waals surface area contributed by atoms with Crippen molar-refractivity contribution >= 4 is 29.7 Å². The highest BCUT2D eigenvalue weighted by atomic mass is 16.6. The quantitative estimate of drug-likeness (QED) is 0.563. The SMILES string of the molecule is CN1CCN(C(=O)CN2CC(=O)Nc3ncc(/C=C/C(=O)OC(C)(C)C)cc3C2)CC1. The molecule has 1 saturated heterocycles. The summed E-state index contributed by atoms with van der Waals surface area (Å²) in [6.07, 6.45) is 4.58. The summed E-state index contributed by atoms with van der Waals surface area (Å²) in [5.74, 6) is -0.128. The second-order valence-corrected chi connectivity index (χ2v) is 9.02. The van der Waals surface area contributed by atoms with Gasteiger partial charge in [-0.15, -0.1) is 0 Å². The van der Waals surface area contributed by atoms with Crippen LogP contribution in [0.3, 0.4) is 0 Å². The number of rotatable bonds is 4. The number of ether oxygens (including phenoxy) is 1. The Labute approximate surface area is 183 Å². The summed E-state index contributed by atoms with van der Waals surface area (Å²) in [7, 11) is 2.04. The molecule has 1 N–H and O–H groups in total. The van der Waals surface area contributed by atoms with Crippen LogP contribution in [-0.2, 0) is 25.7 Å². The van der Waals surface area contributed by atoms with Gasteiger partial charge in [0.2, 0.25) is 11.8 Å². The average Bonchev–Trinajstić information content (AvgIpc) is 2.82. The lowest BCUT2D eigenvalue weighted by atomic mass is 10.1. The molecule has 1 aromatic rings. The van der Waals surface area contributed by atoms with Crippen molar-refractivity contribution in [2.24, 2.45) is 0 Å². The molecule has 9 heteroatoms. The molecule has 1 fully saturated rings. The minimum atomic E-state index is -0.561. The van der Waals surface area contributed by atoms with E-state index in [1.807, 2.05) is 43.7 Å². The fraction of sp³-hybridized carbons (Fsp3) is 0.545. The van der Waals surface area contributed by atoms with Gasteiger partial charge >= 0.3 is 5.97 Å². The van der Waals surface area contributed by atoms with Gasteiger partial charge in [0.15, 0.2) is 0 Å². The lowest BCUT2D eigenvalue weighted by molar-refractivity contribution is -0.148. The number of hydrogen-bond donors (Lipinski definition) is 1. The highest BCUT2D eigenvalue weighted by molar-refractivity contribution is 5.93. The highest BCUT2D eigenvalue weighted by Crippen LogP contribution is 2.21. The number of esters is 1.